The molecule has 0 unspecified atom stereocenters. The van der Waals surface area contributed by atoms with Gasteiger partial charge in [0.05, 0.1) is 5.56 Å². The van der Waals surface area contributed by atoms with Gasteiger partial charge in [-0.3, -0.25) is 9.59 Å². The molecule has 1 heterocycles. The Kier molecular flexibility index (Phi) is 6.63. The summed E-state index contributed by atoms with van der Waals surface area (Å²) in [5.41, 5.74) is -0.545. The number of likely N-dealkylation sites (N-methyl/N-ethyl adjacent to an activating group) is 2. The monoisotopic (exact) mass is 371 g/mol. The van der Waals surface area contributed by atoms with E-state index in [1.165, 1.54) is 12.1 Å². The molecule has 0 bridgehead atoms. The normalized spacial score (nSPS) is 15.8. The summed E-state index contributed by atoms with van der Waals surface area (Å²) in [5.74, 6) is -0.344. The Labute approximate surface area is 151 Å². The second-order valence-electron chi connectivity index (χ2n) is 6.50. The molecule has 0 spiro atoms. The van der Waals surface area contributed by atoms with Gasteiger partial charge in [-0.1, -0.05) is 0 Å². The summed E-state index contributed by atoms with van der Waals surface area (Å²) < 4.78 is 37.8. The van der Waals surface area contributed by atoms with Gasteiger partial charge in [0, 0.05) is 44.7 Å². The van der Waals surface area contributed by atoms with Crippen LogP contribution in [0.2, 0.25) is 0 Å². The van der Waals surface area contributed by atoms with Crippen molar-refractivity contribution in [3.05, 3.63) is 35.4 Å². The summed E-state index contributed by atoms with van der Waals surface area (Å²) >= 11 is 0. The molecule has 0 aromatic heterocycles. The van der Waals surface area contributed by atoms with Gasteiger partial charge in [0.25, 0.3) is 5.91 Å². The fraction of sp³-hybridized carbons (Fsp3) is 0.556. The maximum atomic E-state index is 12.6. The number of hydrogen-bond acceptors (Lipinski definition) is 3. The van der Waals surface area contributed by atoms with Crippen LogP contribution in [-0.4, -0.2) is 61.9 Å². The number of nitrogens with one attached hydrogen (secondary N) is 1. The topological polar surface area (TPSA) is 52.7 Å². The first kappa shape index (κ1) is 20.2. The molecular weight excluding hydrogens is 347 g/mol. The smallest absolute Gasteiger partial charge is 0.344 e. The maximum absolute atomic E-state index is 12.6. The predicted molar refractivity (Wildman–Crippen MR) is 91.6 cm³/mol. The molecule has 1 aromatic carbocycles. The van der Waals surface area contributed by atoms with E-state index in [1.807, 2.05) is 7.05 Å². The highest BCUT2D eigenvalue weighted by Crippen LogP contribution is 2.29. The second-order valence-corrected chi connectivity index (χ2v) is 6.50. The third-order valence-electron chi connectivity index (χ3n) is 4.66. The van der Waals surface area contributed by atoms with Gasteiger partial charge in [-0.2, -0.15) is 13.2 Å². The Morgan fingerprint density at radius 2 is 1.77 bits per heavy atom. The van der Waals surface area contributed by atoms with Crippen molar-refractivity contribution in [3.63, 3.8) is 0 Å². The number of piperidine rings is 1. The molecule has 1 aliphatic heterocycles. The van der Waals surface area contributed by atoms with Crippen molar-refractivity contribution in [3.8, 4) is 0 Å². The van der Waals surface area contributed by atoms with Crippen LogP contribution in [0.5, 0.6) is 0 Å². The minimum absolute atomic E-state index is 0.0712. The van der Waals surface area contributed by atoms with Gasteiger partial charge in [-0.15, -0.1) is 0 Å². The highest BCUT2D eigenvalue weighted by molar-refractivity contribution is 5.94. The van der Waals surface area contributed by atoms with Gasteiger partial charge >= 0.3 is 6.18 Å². The molecule has 1 aromatic rings. The number of halogens is 3. The lowest BCUT2D eigenvalue weighted by molar-refractivity contribution is -0.137. The fourth-order valence-corrected chi connectivity index (χ4v) is 3.02. The lowest BCUT2D eigenvalue weighted by atomic mass is 9.95. The van der Waals surface area contributed by atoms with Crippen molar-refractivity contribution in [2.24, 2.45) is 5.92 Å². The van der Waals surface area contributed by atoms with Gasteiger partial charge in [0.2, 0.25) is 5.91 Å². The van der Waals surface area contributed by atoms with Gasteiger partial charge in [-0.25, -0.2) is 0 Å². The van der Waals surface area contributed by atoms with E-state index in [4.69, 9.17) is 0 Å². The lowest BCUT2D eigenvalue weighted by Crippen LogP contribution is -2.44. The molecule has 0 saturated carbocycles. The molecule has 0 atom stereocenters. The summed E-state index contributed by atoms with van der Waals surface area (Å²) in [7, 11) is 3.59. The second kappa shape index (κ2) is 8.53. The Morgan fingerprint density at radius 3 is 2.27 bits per heavy atom. The van der Waals surface area contributed by atoms with E-state index in [2.05, 4.69) is 5.32 Å². The van der Waals surface area contributed by atoms with E-state index in [-0.39, 0.29) is 23.3 Å². The lowest BCUT2D eigenvalue weighted by Gasteiger charge is -2.33. The van der Waals surface area contributed by atoms with Crippen LogP contribution in [0.4, 0.5) is 13.2 Å². The largest absolute Gasteiger partial charge is 0.416 e. The molecule has 2 rings (SSSR count). The molecule has 26 heavy (non-hydrogen) atoms. The maximum Gasteiger partial charge on any atom is 0.416 e. The zero-order valence-corrected chi connectivity index (χ0v) is 15.0. The summed E-state index contributed by atoms with van der Waals surface area (Å²) in [6, 6.07) is 4.24. The van der Waals surface area contributed by atoms with Gasteiger partial charge in [-0.05, 0) is 44.2 Å². The summed E-state index contributed by atoms with van der Waals surface area (Å²) in [6.07, 6.45) is -3.29. The fourth-order valence-electron chi connectivity index (χ4n) is 3.02. The van der Waals surface area contributed by atoms with Crippen LogP contribution >= 0.6 is 0 Å². The average Bonchev–Trinajstić information content (AvgIpc) is 2.64. The van der Waals surface area contributed by atoms with E-state index >= 15 is 0 Å². The molecule has 1 N–H and O–H groups in total. The molecule has 1 aliphatic rings. The summed E-state index contributed by atoms with van der Waals surface area (Å²) in [6.45, 7) is 2.19. The number of likely N-dealkylation sites (tertiary alicyclic amines) is 1. The highest BCUT2D eigenvalue weighted by Gasteiger charge is 2.32. The minimum atomic E-state index is -4.42. The van der Waals surface area contributed by atoms with E-state index in [0.717, 1.165) is 12.1 Å². The zero-order chi connectivity index (χ0) is 19.3. The molecule has 2 amide bonds. The molecule has 0 aliphatic carbocycles. The Bertz CT molecular complexity index is 624. The number of rotatable bonds is 5. The van der Waals surface area contributed by atoms with Crippen molar-refractivity contribution in [1.82, 2.24) is 15.1 Å². The number of hydrogen-bond donors (Lipinski definition) is 1. The van der Waals surface area contributed by atoms with Crippen molar-refractivity contribution in [2.75, 3.05) is 40.3 Å². The van der Waals surface area contributed by atoms with Crippen molar-refractivity contribution < 1.29 is 22.8 Å². The summed E-state index contributed by atoms with van der Waals surface area (Å²) in [4.78, 5) is 28.1. The zero-order valence-electron chi connectivity index (χ0n) is 15.0. The van der Waals surface area contributed by atoms with Crippen LogP contribution in [0.3, 0.4) is 0 Å². The first-order valence-corrected chi connectivity index (χ1v) is 8.60. The number of carbonyl (C=O) groups excluding carboxylic acids is 2. The van der Waals surface area contributed by atoms with Crippen molar-refractivity contribution in [2.45, 2.75) is 19.0 Å². The minimum Gasteiger partial charge on any atom is -0.344 e. The number of nitrogens with zero attached hydrogens (tertiary/aromatic N) is 2. The van der Waals surface area contributed by atoms with Gasteiger partial charge in [0.15, 0.2) is 0 Å². The highest BCUT2D eigenvalue weighted by atomic mass is 19.4. The number of carbonyl (C=O) groups is 2. The first-order valence-electron chi connectivity index (χ1n) is 8.60. The molecule has 1 saturated heterocycles. The van der Waals surface area contributed by atoms with E-state index < -0.39 is 11.7 Å². The predicted octanol–water partition coefficient (Wildman–Crippen LogP) is 2.24. The van der Waals surface area contributed by atoms with Crippen molar-refractivity contribution >= 4 is 11.8 Å². The van der Waals surface area contributed by atoms with Crippen LogP contribution in [0.1, 0.15) is 28.8 Å². The first-order chi connectivity index (χ1) is 12.2. The quantitative estimate of drug-likeness (QED) is 0.864. The Hall–Kier alpha value is -2.09. The van der Waals surface area contributed by atoms with Gasteiger partial charge < -0.3 is 15.1 Å². The van der Waals surface area contributed by atoms with Gasteiger partial charge in [0.1, 0.15) is 0 Å². The summed E-state index contributed by atoms with van der Waals surface area (Å²) in [5, 5.41) is 2.99. The molecule has 0 radical (unpaired) electrons. The SMILES string of the molecule is CNCCN(C)C(=O)C1CCN(C(=O)c2ccc(C(F)(F)F)cc2)CC1. The van der Waals surface area contributed by atoms with Crippen LogP contribution in [0.25, 0.3) is 0 Å². The van der Waals surface area contributed by atoms with Crippen LogP contribution < -0.4 is 5.32 Å². The van der Waals surface area contributed by atoms with Crippen LogP contribution in [0.15, 0.2) is 24.3 Å². The van der Waals surface area contributed by atoms with Crippen molar-refractivity contribution in [1.29, 1.82) is 0 Å². The van der Waals surface area contributed by atoms with E-state index in [9.17, 15) is 22.8 Å². The molecule has 5 nitrogen and oxygen atoms in total. The third-order valence-corrected chi connectivity index (χ3v) is 4.66. The van der Waals surface area contributed by atoms with E-state index in [0.29, 0.717) is 39.0 Å². The average molecular weight is 371 g/mol. The molecule has 144 valence electrons. The van der Waals surface area contributed by atoms with Crippen LogP contribution in [0, 0.1) is 5.92 Å². The molecule has 1 fully saturated rings. The Balaban J connectivity index is 1.91. The Morgan fingerprint density at radius 1 is 1.19 bits per heavy atom. The number of benzene rings is 1. The standard InChI is InChI=1S/C18H24F3N3O2/c1-22-9-12-23(2)16(25)14-7-10-24(11-8-14)17(26)13-3-5-15(6-4-13)18(19,20)21/h3-6,14,22H,7-12H2,1-2H3. The molecule has 8 heteroatoms. The third kappa shape index (κ3) is 4.97. The van der Waals surface area contributed by atoms with E-state index in [1.54, 1.807) is 16.8 Å². The number of amides is 2. The number of alkyl halides is 3. The van der Waals surface area contributed by atoms with Crippen LogP contribution in [-0.2, 0) is 11.0 Å². The molecular formula is C18H24F3N3O2.